The molecule has 0 amide bonds. The summed E-state index contributed by atoms with van der Waals surface area (Å²) in [4.78, 5) is 12.3. The number of hydrogen-bond acceptors (Lipinski definition) is 7. The van der Waals surface area contributed by atoms with Gasteiger partial charge in [0.25, 0.3) is 0 Å². The Balaban J connectivity index is 2.58. The first-order valence-corrected chi connectivity index (χ1v) is 6.84. The fourth-order valence-corrected chi connectivity index (χ4v) is 1.31. The van der Waals surface area contributed by atoms with E-state index in [2.05, 4.69) is 20.3 Å². The van der Waals surface area contributed by atoms with Crippen LogP contribution >= 0.6 is 0 Å². The fraction of sp³-hybridized carbons (Fsp3) is 0.769. The largest absolute Gasteiger partial charge is 0.464 e. The van der Waals surface area contributed by atoms with E-state index < -0.39 is 0 Å². The summed E-state index contributed by atoms with van der Waals surface area (Å²) in [7, 11) is 0. The summed E-state index contributed by atoms with van der Waals surface area (Å²) in [6, 6.07) is 0.488. The lowest BCUT2D eigenvalue weighted by Gasteiger charge is -2.19. The van der Waals surface area contributed by atoms with Crippen LogP contribution in [-0.2, 0) is 4.74 Å². The molecule has 0 atom stereocenters. The Morgan fingerprint density at radius 2 is 1.60 bits per heavy atom. The van der Waals surface area contributed by atoms with Gasteiger partial charge in [0.15, 0.2) is 0 Å². The van der Waals surface area contributed by atoms with E-state index in [-0.39, 0.29) is 17.6 Å². The number of aromatic nitrogens is 3. The van der Waals surface area contributed by atoms with Gasteiger partial charge in [-0.15, -0.1) is 4.98 Å². The van der Waals surface area contributed by atoms with Gasteiger partial charge in [-0.25, -0.2) is 0 Å². The third-order valence-electron chi connectivity index (χ3n) is 2.05. The Bertz CT molecular complexity index is 383. The predicted molar refractivity (Wildman–Crippen MR) is 76.4 cm³/mol. The molecule has 0 bridgehead atoms. The van der Waals surface area contributed by atoms with E-state index in [1.807, 2.05) is 34.6 Å². The number of hydrogen-bond donors (Lipinski definition) is 1. The molecule has 1 aromatic heterocycles. The molecule has 114 valence electrons. The zero-order valence-corrected chi connectivity index (χ0v) is 12.9. The number of anilines is 1. The maximum absolute atomic E-state index is 5.56. The van der Waals surface area contributed by atoms with Gasteiger partial charge in [-0.1, -0.05) is 0 Å². The van der Waals surface area contributed by atoms with Crippen molar-refractivity contribution < 1.29 is 14.2 Å². The first-order chi connectivity index (χ1) is 9.44. The third kappa shape index (κ3) is 6.51. The van der Waals surface area contributed by atoms with Gasteiger partial charge >= 0.3 is 12.0 Å². The highest BCUT2D eigenvalue weighted by atomic mass is 16.5. The van der Waals surface area contributed by atoms with Crippen molar-refractivity contribution in [1.82, 2.24) is 15.0 Å². The molecule has 0 aliphatic heterocycles. The van der Waals surface area contributed by atoms with Crippen LogP contribution in [0.4, 0.5) is 5.95 Å². The van der Waals surface area contributed by atoms with Gasteiger partial charge in [-0.2, -0.15) is 9.97 Å². The number of rotatable bonds is 8. The molecule has 0 saturated heterocycles. The van der Waals surface area contributed by atoms with Crippen LogP contribution in [0.2, 0.25) is 0 Å². The van der Waals surface area contributed by atoms with Crippen molar-refractivity contribution >= 4 is 5.95 Å². The second kappa shape index (κ2) is 7.84. The van der Waals surface area contributed by atoms with Crippen LogP contribution in [0, 0.1) is 0 Å². The van der Waals surface area contributed by atoms with E-state index in [0.717, 1.165) is 0 Å². The zero-order valence-electron chi connectivity index (χ0n) is 12.9. The van der Waals surface area contributed by atoms with Gasteiger partial charge in [-0.05, 0) is 34.6 Å². The van der Waals surface area contributed by atoms with E-state index in [4.69, 9.17) is 14.2 Å². The van der Waals surface area contributed by atoms with Crippen LogP contribution in [0.25, 0.3) is 0 Å². The molecule has 1 rings (SSSR count). The highest BCUT2D eigenvalue weighted by Crippen LogP contribution is 2.13. The molecular weight excluding hydrogens is 260 g/mol. The minimum absolute atomic E-state index is 0.187. The standard InChI is InChI=1S/C13H24N4O3/c1-6-14-10-15-11(18-7-2)17-12(16-10)19-8-9-20-13(3,4)5/h6-9H2,1-5H3,(H,14,15,16,17). The monoisotopic (exact) mass is 284 g/mol. The average Bonchev–Trinajstić information content (AvgIpc) is 2.34. The van der Waals surface area contributed by atoms with Crippen molar-refractivity contribution in [3.8, 4) is 12.0 Å². The van der Waals surface area contributed by atoms with Crippen molar-refractivity contribution in [3.63, 3.8) is 0 Å². The zero-order chi connectivity index (χ0) is 15.0. The van der Waals surface area contributed by atoms with Gasteiger partial charge in [0.1, 0.15) is 6.61 Å². The van der Waals surface area contributed by atoms with Crippen LogP contribution < -0.4 is 14.8 Å². The van der Waals surface area contributed by atoms with Crippen LogP contribution in [0.15, 0.2) is 0 Å². The van der Waals surface area contributed by atoms with Crippen molar-refractivity contribution in [1.29, 1.82) is 0 Å². The first-order valence-electron chi connectivity index (χ1n) is 6.84. The van der Waals surface area contributed by atoms with E-state index in [0.29, 0.717) is 32.3 Å². The highest BCUT2D eigenvalue weighted by molar-refractivity contribution is 5.27. The molecule has 0 fully saturated rings. The van der Waals surface area contributed by atoms with Crippen LogP contribution in [0.3, 0.4) is 0 Å². The lowest BCUT2D eigenvalue weighted by Crippen LogP contribution is -2.22. The molecule has 20 heavy (non-hydrogen) atoms. The highest BCUT2D eigenvalue weighted by Gasteiger charge is 2.11. The lowest BCUT2D eigenvalue weighted by molar-refractivity contribution is -0.0174. The molecule has 0 aromatic carbocycles. The Labute approximate surface area is 120 Å². The molecule has 0 aliphatic rings. The molecule has 0 saturated carbocycles. The van der Waals surface area contributed by atoms with Crippen LogP contribution in [0.5, 0.6) is 12.0 Å². The van der Waals surface area contributed by atoms with E-state index in [1.165, 1.54) is 0 Å². The summed E-state index contributed by atoms with van der Waals surface area (Å²) < 4.78 is 16.3. The smallest absolute Gasteiger partial charge is 0.324 e. The number of nitrogens with zero attached hydrogens (tertiary/aromatic N) is 3. The summed E-state index contributed by atoms with van der Waals surface area (Å²) >= 11 is 0. The molecule has 1 N–H and O–H groups in total. The van der Waals surface area contributed by atoms with Crippen molar-refractivity contribution in [2.75, 3.05) is 31.7 Å². The molecule has 0 aliphatic carbocycles. The third-order valence-corrected chi connectivity index (χ3v) is 2.05. The topological polar surface area (TPSA) is 78.4 Å². The Morgan fingerprint density at radius 1 is 0.950 bits per heavy atom. The van der Waals surface area contributed by atoms with E-state index >= 15 is 0 Å². The van der Waals surface area contributed by atoms with Gasteiger partial charge in [0, 0.05) is 6.54 Å². The lowest BCUT2D eigenvalue weighted by atomic mass is 10.2. The number of nitrogens with one attached hydrogen (secondary N) is 1. The van der Waals surface area contributed by atoms with E-state index in [9.17, 15) is 0 Å². The van der Waals surface area contributed by atoms with Gasteiger partial charge < -0.3 is 19.5 Å². The second-order valence-electron chi connectivity index (χ2n) is 5.00. The Morgan fingerprint density at radius 3 is 2.15 bits per heavy atom. The molecule has 0 spiro atoms. The summed E-state index contributed by atoms with van der Waals surface area (Å²) in [5.41, 5.74) is -0.187. The Hall–Kier alpha value is -1.63. The van der Waals surface area contributed by atoms with Crippen LogP contribution in [-0.4, -0.2) is 46.9 Å². The molecule has 1 aromatic rings. The van der Waals surface area contributed by atoms with Crippen molar-refractivity contribution in [2.45, 2.75) is 40.2 Å². The predicted octanol–water partition coefficient (Wildman–Crippen LogP) is 1.90. The summed E-state index contributed by atoms with van der Waals surface area (Å²) in [5, 5.41) is 3.01. The molecular formula is C13H24N4O3. The van der Waals surface area contributed by atoms with Gasteiger partial charge in [-0.3, -0.25) is 0 Å². The van der Waals surface area contributed by atoms with E-state index in [1.54, 1.807) is 0 Å². The molecule has 0 unspecified atom stereocenters. The summed E-state index contributed by atoms with van der Waals surface area (Å²) in [6.07, 6.45) is 0. The maximum atomic E-state index is 5.56. The van der Waals surface area contributed by atoms with Crippen molar-refractivity contribution in [2.24, 2.45) is 0 Å². The average molecular weight is 284 g/mol. The maximum Gasteiger partial charge on any atom is 0.324 e. The molecule has 7 nitrogen and oxygen atoms in total. The first kappa shape index (κ1) is 16.4. The minimum Gasteiger partial charge on any atom is -0.464 e. The van der Waals surface area contributed by atoms with Crippen molar-refractivity contribution in [3.05, 3.63) is 0 Å². The molecule has 1 heterocycles. The van der Waals surface area contributed by atoms with Crippen LogP contribution in [0.1, 0.15) is 34.6 Å². The number of ether oxygens (including phenoxy) is 3. The molecule has 7 heteroatoms. The summed E-state index contributed by atoms with van der Waals surface area (Å²) in [6.45, 7) is 11.8. The minimum atomic E-state index is -0.187. The van der Waals surface area contributed by atoms with Gasteiger partial charge in [0.05, 0.1) is 18.8 Å². The quantitative estimate of drug-likeness (QED) is 0.730. The summed E-state index contributed by atoms with van der Waals surface area (Å²) in [5.74, 6) is 0.442. The Kier molecular flexibility index (Phi) is 6.44. The molecule has 0 radical (unpaired) electrons. The second-order valence-corrected chi connectivity index (χ2v) is 5.00. The van der Waals surface area contributed by atoms with Gasteiger partial charge in [0.2, 0.25) is 5.95 Å². The SMILES string of the molecule is CCNc1nc(OCC)nc(OCCOC(C)(C)C)n1. The normalized spacial score (nSPS) is 11.2. The fourth-order valence-electron chi connectivity index (χ4n) is 1.31.